The van der Waals surface area contributed by atoms with Gasteiger partial charge < -0.3 is 26.0 Å². The van der Waals surface area contributed by atoms with E-state index < -0.39 is 27.9 Å². The number of thiazole rings is 1. The van der Waals surface area contributed by atoms with E-state index in [1.165, 1.54) is 30.9 Å². The highest BCUT2D eigenvalue weighted by molar-refractivity contribution is 7.92. The number of piperazine rings is 1. The average Bonchev–Trinajstić information content (AvgIpc) is 3.79. The predicted molar refractivity (Wildman–Crippen MR) is 197 cm³/mol. The molecule has 1 fully saturated rings. The lowest BCUT2D eigenvalue weighted by Gasteiger charge is -2.34. The van der Waals surface area contributed by atoms with E-state index in [2.05, 4.69) is 35.1 Å². The number of hydrogen-bond donors (Lipinski definition) is 4. The minimum absolute atomic E-state index is 0.0202. The molecule has 3 aromatic heterocycles. The van der Waals surface area contributed by atoms with Crippen LogP contribution < -0.4 is 26.0 Å². The van der Waals surface area contributed by atoms with Crippen molar-refractivity contribution >= 4 is 66.9 Å². The standard InChI is InChI=1S/C33H41N9O5S3/c1-23(34)36-11-4-7-29(32(44)47-2)39-31(43)30-28(10-18-48-30)40-50(45,46)27-6-3-5-25(19-27)37-20-26-22-49-33(38-26)42-16-14-41(15-17-42)21-24-8-12-35-13-9-24/h3,5-6,8-10,12-13,18-19,22,29,37,40H,4,7,11,14-17,20-21H2,1-2H3,(H2,34,36)(H,39,43)/t29-/m0/s1. The number of carbonyl (C=O) groups excluding carboxylic acids is 2. The second-order valence-electron chi connectivity index (χ2n) is 11.6. The maximum absolute atomic E-state index is 13.4. The molecule has 1 aliphatic heterocycles. The Balaban J connectivity index is 1.15. The summed E-state index contributed by atoms with van der Waals surface area (Å²) in [6.07, 6.45) is 4.40. The fraction of sp³-hybridized carbons (Fsp3) is 0.364. The SMILES string of the molecule is COC(=O)[C@H](CCCN=C(C)N)NC(=O)c1sccc1NS(=O)(=O)c1cccc(NCc2csc(N3CCN(Cc4ccncc4)CC3)n2)c1. The van der Waals surface area contributed by atoms with E-state index >= 15 is 0 Å². The van der Waals surface area contributed by atoms with Crippen LogP contribution in [0.5, 0.6) is 0 Å². The first-order valence-electron chi connectivity index (χ1n) is 16.0. The zero-order valence-corrected chi connectivity index (χ0v) is 30.3. The van der Waals surface area contributed by atoms with Gasteiger partial charge in [-0.15, -0.1) is 22.7 Å². The highest BCUT2D eigenvalue weighted by Gasteiger charge is 2.26. The maximum Gasteiger partial charge on any atom is 0.328 e. The fourth-order valence-corrected chi connectivity index (χ4v) is 8.08. The number of nitrogens with one attached hydrogen (secondary N) is 3. The van der Waals surface area contributed by atoms with Gasteiger partial charge in [-0.2, -0.15) is 0 Å². The molecule has 4 aromatic rings. The second kappa shape index (κ2) is 17.4. The summed E-state index contributed by atoms with van der Waals surface area (Å²) < 4.78 is 34.2. The number of anilines is 3. The Morgan fingerprint density at radius 3 is 2.62 bits per heavy atom. The maximum atomic E-state index is 13.4. The van der Waals surface area contributed by atoms with Gasteiger partial charge in [-0.25, -0.2) is 18.2 Å². The van der Waals surface area contributed by atoms with Crippen LogP contribution in [0.25, 0.3) is 0 Å². The molecule has 0 radical (unpaired) electrons. The number of rotatable bonds is 16. The van der Waals surface area contributed by atoms with E-state index in [0.29, 0.717) is 31.0 Å². The summed E-state index contributed by atoms with van der Waals surface area (Å²) in [4.78, 5) is 43.4. The summed E-state index contributed by atoms with van der Waals surface area (Å²) in [7, 11) is -2.83. The number of aromatic nitrogens is 2. The van der Waals surface area contributed by atoms with E-state index in [4.69, 9.17) is 15.5 Å². The largest absolute Gasteiger partial charge is 0.467 e. The van der Waals surface area contributed by atoms with Crippen molar-refractivity contribution in [2.75, 3.05) is 54.8 Å². The lowest BCUT2D eigenvalue weighted by molar-refractivity contribution is -0.143. The number of benzene rings is 1. The van der Waals surface area contributed by atoms with Gasteiger partial charge >= 0.3 is 5.97 Å². The lowest BCUT2D eigenvalue weighted by atomic mass is 10.1. The molecule has 0 saturated carbocycles. The van der Waals surface area contributed by atoms with Crippen LogP contribution in [-0.2, 0) is 32.6 Å². The monoisotopic (exact) mass is 739 g/mol. The van der Waals surface area contributed by atoms with E-state index in [9.17, 15) is 18.0 Å². The molecule has 0 aliphatic carbocycles. The molecule has 1 saturated heterocycles. The Bertz CT molecular complexity index is 1870. The number of esters is 1. The predicted octanol–water partition coefficient (Wildman–Crippen LogP) is 3.76. The zero-order chi connectivity index (χ0) is 35.5. The number of sulfonamides is 1. The molecule has 50 heavy (non-hydrogen) atoms. The van der Waals surface area contributed by atoms with Crippen LogP contribution in [0.1, 0.15) is 40.7 Å². The summed E-state index contributed by atoms with van der Waals surface area (Å²) in [5.74, 6) is -0.789. The van der Waals surface area contributed by atoms with Crippen LogP contribution in [0.2, 0.25) is 0 Å². The number of amides is 1. The van der Waals surface area contributed by atoms with Gasteiger partial charge in [0.05, 0.1) is 35.8 Å². The summed E-state index contributed by atoms with van der Waals surface area (Å²) in [6, 6.07) is 11.1. The molecule has 266 valence electrons. The Hall–Kier alpha value is -4.58. The van der Waals surface area contributed by atoms with Crippen molar-refractivity contribution in [3.8, 4) is 0 Å². The molecule has 1 atom stereocenters. The van der Waals surface area contributed by atoms with Crippen LogP contribution >= 0.6 is 22.7 Å². The number of hydrogen-bond acceptors (Lipinski definition) is 13. The van der Waals surface area contributed by atoms with Gasteiger partial charge in [0.2, 0.25) is 0 Å². The number of nitrogens with two attached hydrogens (primary N) is 1. The Labute approximate surface area is 299 Å². The van der Waals surface area contributed by atoms with Gasteiger partial charge in [0, 0.05) is 62.7 Å². The van der Waals surface area contributed by atoms with Crippen molar-refractivity contribution in [1.82, 2.24) is 20.2 Å². The average molecular weight is 740 g/mol. The van der Waals surface area contributed by atoms with Gasteiger partial charge in [0.1, 0.15) is 10.9 Å². The van der Waals surface area contributed by atoms with Gasteiger partial charge in [-0.05, 0) is 67.1 Å². The van der Waals surface area contributed by atoms with Crippen LogP contribution in [0.4, 0.5) is 16.5 Å². The number of amidine groups is 1. The minimum atomic E-state index is -4.06. The minimum Gasteiger partial charge on any atom is -0.467 e. The topological polar surface area (TPSA) is 184 Å². The molecule has 0 unspecified atom stereocenters. The van der Waals surface area contributed by atoms with Crippen molar-refractivity contribution in [2.24, 2.45) is 10.7 Å². The summed E-state index contributed by atoms with van der Waals surface area (Å²) in [5.41, 5.74) is 8.38. The van der Waals surface area contributed by atoms with Crippen molar-refractivity contribution in [2.45, 2.75) is 43.8 Å². The molecule has 5 rings (SSSR count). The summed E-state index contributed by atoms with van der Waals surface area (Å²) >= 11 is 2.65. The molecule has 4 heterocycles. The molecular weight excluding hydrogens is 699 g/mol. The summed E-state index contributed by atoms with van der Waals surface area (Å²) in [5, 5.41) is 10.5. The Morgan fingerprint density at radius 1 is 1.10 bits per heavy atom. The number of carbonyl (C=O) groups is 2. The van der Waals surface area contributed by atoms with Gasteiger partial charge in [0.25, 0.3) is 15.9 Å². The first-order chi connectivity index (χ1) is 24.1. The van der Waals surface area contributed by atoms with Crippen molar-refractivity contribution in [3.05, 3.63) is 81.8 Å². The molecule has 5 N–H and O–H groups in total. The highest BCUT2D eigenvalue weighted by atomic mass is 32.2. The first-order valence-corrected chi connectivity index (χ1v) is 19.3. The smallest absolute Gasteiger partial charge is 0.328 e. The van der Waals surface area contributed by atoms with E-state index in [0.717, 1.165) is 54.9 Å². The van der Waals surface area contributed by atoms with E-state index in [1.807, 2.05) is 29.9 Å². The molecule has 0 spiro atoms. The number of pyridine rings is 1. The number of thiophene rings is 1. The van der Waals surface area contributed by atoms with E-state index in [-0.39, 0.29) is 21.9 Å². The fourth-order valence-electron chi connectivity index (χ4n) is 5.27. The number of methoxy groups -OCH3 is 1. The van der Waals surface area contributed by atoms with Gasteiger partial charge in [-0.1, -0.05) is 6.07 Å². The Kier molecular flexibility index (Phi) is 12.8. The van der Waals surface area contributed by atoms with Crippen molar-refractivity contribution < 1.29 is 22.7 Å². The van der Waals surface area contributed by atoms with Crippen LogP contribution in [0, 0.1) is 0 Å². The molecule has 0 bridgehead atoms. The Morgan fingerprint density at radius 2 is 1.88 bits per heavy atom. The lowest BCUT2D eigenvalue weighted by Crippen LogP contribution is -2.45. The second-order valence-corrected chi connectivity index (χ2v) is 15.0. The molecule has 1 aliphatic rings. The summed E-state index contributed by atoms with van der Waals surface area (Å²) in [6.45, 7) is 7.05. The number of ether oxygens (including phenoxy) is 1. The molecule has 17 heteroatoms. The molecule has 1 amide bonds. The van der Waals surface area contributed by atoms with Crippen LogP contribution in [-0.4, -0.2) is 86.9 Å². The quantitative estimate of drug-likeness (QED) is 0.0568. The van der Waals surface area contributed by atoms with Crippen molar-refractivity contribution in [3.63, 3.8) is 0 Å². The third-order valence-electron chi connectivity index (χ3n) is 7.87. The van der Waals surface area contributed by atoms with Gasteiger partial charge in [0.15, 0.2) is 5.13 Å². The molecular formula is C33H41N9O5S3. The van der Waals surface area contributed by atoms with Crippen LogP contribution in [0.15, 0.2) is 75.5 Å². The first kappa shape index (κ1) is 36.7. The third-order valence-corrected chi connectivity index (χ3v) is 11.1. The number of nitrogens with zero attached hydrogens (tertiary/aromatic N) is 5. The normalized spacial score (nSPS) is 14.6. The highest BCUT2D eigenvalue weighted by Crippen LogP contribution is 2.27. The molecule has 1 aromatic carbocycles. The van der Waals surface area contributed by atoms with E-state index in [1.54, 1.807) is 35.8 Å². The zero-order valence-electron chi connectivity index (χ0n) is 27.9. The van der Waals surface area contributed by atoms with Crippen molar-refractivity contribution in [1.29, 1.82) is 0 Å². The van der Waals surface area contributed by atoms with Crippen LogP contribution in [0.3, 0.4) is 0 Å². The number of aliphatic imine (C=N–C) groups is 1. The van der Waals surface area contributed by atoms with Gasteiger partial charge in [-0.3, -0.25) is 24.4 Å². The molecule has 14 nitrogen and oxygen atoms in total. The third kappa shape index (κ3) is 10.2.